The summed E-state index contributed by atoms with van der Waals surface area (Å²) in [6.07, 6.45) is 0. The first-order chi connectivity index (χ1) is 14.1. The number of fused-ring (bicyclic) bond motifs is 1. The molecule has 1 aromatic heterocycles. The average molecular weight is 420 g/mol. The van der Waals surface area contributed by atoms with Crippen molar-refractivity contribution >= 4 is 34.9 Å². The van der Waals surface area contributed by atoms with E-state index in [9.17, 15) is 4.79 Å². The van der Waals surface area contributed by atoms with Gasteiger partial charge in [-0.2, -0.15) is 0 Å². The molecule has 0 spiro atoms. The zero-order chi connectivity index (χ0) is 20.2. The molecule has 152 valence electrons. The summed E-state index contributed by atoms with van der Waals surface area (Å²) in [6, 6.07) is 27.9. The van der Waals surface area contributed by atoms with Gasteiger partial charge < -0.3 is 15.1 Å². The largest absolute Gasteiger partial charge is 0.422 e. The summed E-state index contributed by atoms with van der Waals surface area (Å²) in [4.78, 5) is 14.4. The Morgan fingerprint density at radius 1 is 0.867 bits per heavy atom. The van der Waals surface area contributed by atoms with Crippen LogP contribution in [0.4, 0.5) is 5.69 Å². The molecule has 0 atom stereocenters. The SMILES string of the molecule is Cl.N=C(N)c1cc2ccc(N(Cc3ccccc3)Cc3ccccc3)cc2oc1=O. The maximum absolute atomic E-state index is 12.1. The smallest absolute Gasteiger partial charge is 0.347 e. The van der Waals surface area contributed by atoms with E-state index in [4.69, 9.17) is 15.6 Å². The molecule has 0 aliphatic heterocycles. The predicted octanol–water partition coefficient (Wildman–Crippen LogP) is 4.71. The second-order valence-electron chi connectivity index (χ2n) is 6.91. The number of hydrogen-bond acceptors (Lipinski definition) is 4. The quantitative estimate of drug-likeness (QED) is 0.269. The first-order valence-electron chi connectivity index (χ1n) is 9.35. The fraction of sp³-hybridized carbons (Fsp3) is 0.0833. The van der Waals surface area contributed by atoms with Crippen molar-refractivity contribution in [1.82, 2.24) is 0 Å². The number of benzene rings is 3. The van der Waals surface area contributed by atoms with Crippen molar-refractivity contribution in [3.8, 4) is 0 Å². The minimum absolute atomic E-state index is 0. The van der Waals surface area contributed by atoms with E-state index < -0.39 is 5.63 Å². The highest BCUT2D eigenvalue weighted by Gasteiger charge is 2.12. The summed E-state index contributed by atoms with van der Waals surface area (Å²) in [6.45, 7) is 1.44. The molecule has 4 aromatic rings. The number of hydrogen-bond donors (Lipinski definition) is 2. The lowest BCUT2D eigenvalue weighted by atomic mass is 10.1. The molecule has 0 saturated carbocycles. The molecule has 3 aromatic carbocycles. The van der Waals surface area contributed by atoms with Crippen LogP contribution in [0.3, 0.4) is 0 Å². The van der Waals surface area contributed by atoms with E-state index in [1.807, 2.05) is 54.6 Å². The van der Waals surface area contributed by atoms with Crippen molar-refractivity contribution in [2.24, 2.45) is 5.73 Å². The molecule has 0 aliphatic carbocycles. The van der Waals surface area contributed by atoms with Crippen LogP contribution in [0.25, 0.3) is 11.0 Å². The van der Waals surface area contributed by atoms with Gasteiger partial charge in [-0.05, 0) is 29.3 Å². The fourth-order valence-electron chi connectivity index (χ4n) is 3.33. The van der Waals surface area contributed by atoms with Gasteiger partial charge in [0, 0.05) is 30.2 Å². The van der Waals surface area contributed by atoms with E-state index >= 15 is 0 Å². The van der Waals surface area contributed by atoms with E-state index in [1.54, 1.807) is 6.07 Å². The molecule has 0 aliphatic rings. The Balaban J connectivity index is 0.00000256. The Morgan fingerprint density at radius 3 is 1.97 bits per heavy atom. The monoisotopic (exact) mass is 419 g/mol. The number of nitrogen functional groups attached to an aromatic ring is 1. The molecular formula is C24H22ClN3O2. The predicted molar refractivity (Wildman–Crippen MR) is 124 cm³/mol. The van der Waals surface area contributed by atoms with Crippen LogP contribution in [-0.2, 0) is 13.1 Å². The molecule has 0 radical (unpaired) electrons. The van der Waals surface area contributed by atoms with E-state index in [0.717, 1.165) is 24.2 Å². The van der Waals surface area contributed by atoms with E-state index in [-0.39, 0.29) is 23.8 Å². The normalized spacial score (nSPS) is 10.4. The van der Waals surface area contributed by atoms with Gasteiger partial charge >= 0.3 is 5.63 Å². The number of nitrogens with zero attached hydrogens (tertiary/aromatic N) is 1. The lowest BCUT2D eigenvalue weighted by Crippen LogP contribution is -2.22. The standard InChI is InChI=1S/C24H21N3O2.ClH/c25-23(26)21-13-19-11-12-20(14-22(19)29-24(21)28)27(15-17-7-3-1-4-8-17)16-18-9-5-2-6-10-18;/h1-14H,15-16H2,(H3,25,26);1H. The summed E-state index contributed by atoms with van der Waals surface area (Å²) < 4.78 is 5.44. The molecule has 30 heavy (non-hydrogen) atoms. The van der Waals surface area contributed by atoms with Crippen molar-refractivity contribution in [3.63, 3.8) is 0 Å². The number of nitrogens with two attached hydrogens (primary N) is 1. The highest BCUT2D eigenvalue weighted by molar-refractivity contribution is 5.97. The molecule has 4 rings (SSSR count). The minimum atomic E-state index is -0.597. The van der Waals surface area contributed by atoms with E-state index in [0.29, 0.717) is 5.58 Å². The zero-order valence-corrected chi connectivity index (χ0v) is 17.1. The van der Waals surface area contributed by atoms with Gasteiger partial charge in [-0.3, -0.25) is 5.41 Å². The fourth-order valence-corrected chi connectivity index (χ4v) is 3.33. The third kappa shape index (κ3) is 4.70. The van der Waals surface area contributed by atoms with Gasteiger partial charge in [-0.25, -0.2) is 4.79 Å². The van der Waals surface area contributed by atoms with Gasteiger partial charge in [0.15, 0.2) is 0 Å². The summed E-state index contributed by atoms with van der Waals surface area (Å²) in [7, 11) is 0. The van der Waals surface area contributed by atoms with E-state index in [1.165, 1.54) is 11.1 Å². The van der Waals surface area contributed by atoms with Crippen LogP contribution >= 0.6 is 12.4 Å². The second-order valence-corrected chi connectivity index (χ2v) is 6.91. The van der Waals surface area contributed by atoms with E-state index in [2.05, 4.69) is 29.2 Å². The lowest BCUT2D eigenvalue weighted by Gasteiger charge is -2.25. The number of anilines is 1. The molecular weight excluding hydrogens is 398 g/mol. The van der Waals surface area contributed by atoms with Crippen molar-refractivity contribution in [2.45, 2.75) is 13.1 Å². The number of halogens is 1. The third-order valence-electron chi connectivity index (χ3n) is 4.81. The van der Waals surface area contributed by atoms with Crippen LogP contribution in [0.2, 0.25) is 0 Å². The van der Waals surface area contributed by atoms with Crippen LogP contribution < -0.4 is 16.3 Å². The van der Waals surface area contributed by atoms with Crippen LogP contribution in [0.1, 0.15) is 16.7 Å². The van der Waals surface area contributed by atoms with Gasteiger partial charge in [-0.1, -0.05) is 60.7 Å². The maximum Gasteiger partial charge on any atom is 0.347 e. The Morgan fingerprint density at radius 2 is 1.43 bits per heavy atom. The summed E-state index contributed by atoms with van der Waals surface area (Å²) in [5.41, 5.74) is 8.76. The molecule has 0 amide bonds. The Bertz CT molecular complexity index is 1170. The van der Waals surface area contributed by atoms with Crippen molar-refractivity contribution in [2.75, 3.05) is 4.90 Å². The maximum atomic E-state index is 12.1. The number of nitrogens with one attached hydrogen (secondary N) is 1. The van der Waals surface area contributed by atoms with Crippen molar-refractivity contribution in [1.29, 1.82) is 5.41 Å². The van der Waals surface area contributed by atoms with Gasteiger partial charge in [0.25, 0.3) is 0 Å². The summed E-state index contributed by atoms with van der Waals surface area (Å²) in [5, 5.41) is 8.26. The van der Waals surface area contributed by atoms with Crippen molar-refractivity contribution in [3.05, 3.63) is 112 Å². The summed E-state index contributed by atoms with van der Waals surface area (Å²) >= 11 is 0. The van der Waals surface area contributed by atoms with Crippen LogP contribution in [0.15, 0.2) is 94.1 Å². The molecule has 0 fully saturated rings. The Labute approximate surface area is 180 Å². The molecule has 6 heteroatoms. The highest BCUT2D eigenvalue weighted by Crippen LogP contribution is 2.25. The van der Waals surface area contributed by atoms with Gasteiger partial charge in [-0.15, -0.1) is 12.4 Å². The first kappa shape index (κ1) is 21.1. The van der Waals surface area contributed by atoms with Crippen molar-refractivity contribution < 1.29 is 4.42 Å². The summed E-state index contributed by atoms with van der Waals surface area (Å²) in [5.74, 6) is -0.292. The van der Waals surface area contributed by atoms with Gasteiger partial charge in [0.2, 0.25) is 0 Å². The van der Waals surface area contributed by atoms with Gasteiger partial charge in [0.05, 0.1) is 0 Å². The number of amidine groups is 1. The molecule has 0 bridgehead atoms. The zero-order valence-electron chi connectivity index (χ0n) is 16.2. The van der Waals surface area contributed by atoms with Crippen LogP contribution in [0, 0.1) is 5.41 Å². The average Bonchev–Trinajstić information content (AvgIpc) is 2.73. The molecule has 3 N–H and O–H groups in total. The highest BCUT2D eigenvalue weighted by atomic mass is 35.5. The second kappa shape index (κ2) is 9.29. The first-order valence-corrected chi connectivity index (χ1v) is 9.35. The minimum Gasteiger partial charge on any atom is -0.422 e. The third-order valence-corrected chi connectivity index (χ3v) is 4.81. The Kier molecular flexibility index (Phi) is 6.54. The molecule has 5 nitrogen and oxygen atoms in total. The topological polar surface area (TPSA) is 83.3 Å². The van der Waals surface area contributed by atoms with Gasteiger partial charge in [0.1, 0.15) is 17.0 Å². The Hall–Kier alpha value is -3.57. The van der Waals surface area contributed by atoms with Crippen LogP contribution in [0.5, 0.6) is 0 Å². The number of rotatable bonds is 6. The molecule has 0 unspecified atom stereocenters. The molecule has 1 heterocycles. The molecule has 0 saturated heterocycles. The van der Waals surface area contributed by atoms with Crippen LogP contribution in [-0.4, -0.2) is 5.84 Å². The lowest BCUT2D eigenvalue weighted by molar-refractivity contribution is 0.559.